The molecule has 0 bridgehead atoms. The Morgan fingerprint density at radius 1 is 0.767 bits per heavy atom. The van der Waals surface area contributed by atoms with Crippen LogP contribution in [-0.2, 0) is 6.42 Å². The SMILES string of the molecule is COc1ccc(CCCCCCCCC=CC(=O)c2ccc(OC)c(OC)c2)cc1. The number of rotatable bonds is 14. The fourth-order valence-corrected chi connectivity index (χ4v) is 3.37. The van der Waals surface area contributed by atoms with Crippen LogP contribution in [0.2, 0.25) is 0 Å². The van der Waals surface area contributed by atoms with Crippen LogP contribution in [0.15, 0.2) is 54.6 Å². The number of carbonyl (C=O) groups excluding carboxylic acids is 1. The van der Waals surface area contributed by atoms with E-state index in [0.717, 1.165) is 25.0 Å². The van der Waals surface area contributed by atoms with Crippen LogP contribution in [0.3, 0.4) is 0 Å². The van der Waals surface area contributed by atoms with Gasteiger partial charge in [0.25, 0.3) is 0 Å². The van der Waals surface area contributed by atoms with E-state index in [1.807, 2.05) is 18.2 Å². The van der Waals surface area contributed by atoms with Gasteiger partial charge in [0.1, 0.15) is 5.75 Å². The van der Waals surface area contributed by atoms with E-state index >= 15 is 0 Å². The number of ketones is 1. The maximum Gasteiger partial charge on any atom is 0.185 e. The minimum atomic E-state index is -0.00511. The number of allylic oxidation sites excluding steroid dienone is 2. The summed E-state index contributed by atoms with van der Waals surface area (Å²) < 4.78 is 15.6. The van der Waals surface area contributed by atoms with Crippen molar-refractivity contribution in [1.29, 1.82) is 0 Å². The van der Waals surface area contributed by atoms with Crippen LogP contribution in [0, 0.1) is 0 Å². The van der Waals surface area contributed by atoms with Crippen molar-refractivity contribution in [3.8, 4) is 17.2 Å². The van der Waals surface area contributed by atoms with E-state index in [0.29, 0.717) is 17.1 Å². The molecule has 0 fully saturated rings. The van der Waals surface area contributed by atoms with E-state index in [4.69, 9.17) is 14.2 Å². The minimum Gasteiger partial charge on any atom is -0.497 e. The number of hydrogen-bond acceptors (Lipinski definition) is 4. The lowest BCUT2D eigenvalue weighted by molar-refractivity contribution is 0.104. The van der Waals surface area contributed by atoms with Crippen molar-refractivity contribution in [2.24, 2.45) is 0 Å². The maximum absolute atomic E-state index is 12.3. The maximum atomic E-state index is 12.3. The molecular weight excluding hydrogens is 376 g/mol. The summed E-state index contributed by atoms with van der Waals surface area (Å²) in [5.74, 6) is 2.11. The van der Waals surface area contributed by atoms with Crippen molar-refractivity contribution in [1.82, 2.24) is 0 Å². The Kier molecular flexibility index (Phi) is 10.6. The summed E-state index contributed by atoms with van der Waals surface area (Å²) in [6, 6.07) is 13.6. The van der Waals surface area contributed by atoms with Gasteiger partial charge in [-0.2, -0.15) is 0 Å². The second-order valence-corrected chi connectivity index (χ2v) is 7.34. The molecular formula is C26H34O4. The molecule has 0 amide bonds. The minimum absolute atomic E-state index is 0.00511. The predicted molar refractivity (Wildman–Crippen MR) is 122 cm³/mol. The third-order valence-corrected chi connectivity index (χ3v) is 5.18. The van der Waals surface area contributed by atoms with Crippen LogP contribution < -0.4 is 14.2 Å². The van der Waals surface area contributed by atoms with Crippen molar-refractivity contribution in [3.63, 3.8) is 0 Å². The number of unbranched alkanes of at least 4 members (excludes halogenated alkanes) is 6. The second kappa shape index (κ2) is 13.5. The molecule has 0 N–H and O–H groups in total. The van der Waals surface area contributed by atoms with Gasteiger partial charge in [-0.1, -0.05) is 43.9 Å². The van der Waals surface area contributed by atoms with E-state index in [2.05, 4.69) is 12.1 Å². The number of benzene rings is 2. The fraction of sp³-hybridized carbons (Fsp3) is 0.423. The highest BCUT2D eigenvalue weighted by molar-refractivity contribution is 6.04. The Morgan fingerprint density at radius 2 is 1.43 bits per heavy atom. The van der Waals surface area contributed by atoms with Gasteiger partial charge in [0.05, 0.1) is 21.3 Å². The van der Waals surface area contributed by atoms with Gasteiger partial charge in [0.2, 0.25) is 0 Å². The molecule has 162 valence electrons. The summed E-state index contributed by atoms with van der Waals surface area (Å²) in [6.45, 7) is 0. The molecule has 4 heteroatoms. The Labute approximate surface area is 180 Å². The Hall–Kier alpha value is -2.75. The number of aryl methyl sites for hydroxylation is 1. The third kappa shape index (κ3) is 7.94. The van der Waals surface area contributed by atoms with Crippen LogP contribution in [0.4, 0.5) is 0 Å². The lowest BCUT2D eigenvalue weighted by atomic mass is 10.0. The van der Waals surface area contributed by atoms with Crippen LogP contribution in [0.25, 0.3) is 0 Å². The first-order valence-corrected chi connectivity index (χ1v) is 10.7. The van der Waals surface area contributed by atoms with Gasteiger partial charge < -0.3 is 14.2 Å². The van der Waals surface area contributed by atoms with Gasteiger partial charge in [-0.05, 0) is 67.7 Å². The van der Waals surface area contributed by atoms with E-state index in [-0.39, 0.29) is 5.78 Å². The molecule has 2 aromatic carbocycles. The summed E-state index contributed by atoms with van der Waals surface area (Å²) in [7, 11) is 4.85. The van der Waals surface area contributed by atoms with Crippen molar-refractivity contribution in [2.45, 2.75) is 51.4 Å². The smallest absolute Gasteiger partial charge is 0.185 e. The summed E-state index contributed by atoms with van der Waals surface area (Å²) in [5, 5.41) is 0. The van der Waals surface area contributed by atoms with Crippen molar-refractivity contribution in [2.75, 3.05) is 21.3 Å². The Balaban J connectivity index is 1.55. The molecule has 0 saturated heterocycles. The van der Waals surface area contributed by atoms with Crippen molar-refractivity contribution < 1.29 is 19.0 Å². The van der Waals surface area contributed by atoms with Crippen molar-refractivity contribution >= 4 is 5.78 Å². The highest BCUT2D eigenvalue weighted by atomic mass is 16.5. The predicted octanol–water partition coefficient (Wildman–Crippen LogP) is 6.42. The molecule has 0 heterocycles. The quantitative estimate of drug-likeness (QED) is 0.205. The first-order chi connectivity index (χ1) is 14.7. The summed E-state index contributed by atoms with van der Waals surface area (Å²) >= 11 is 0. The molecule has 0 atom stereocenters. The standard InChI is InChI=1S/C26H34O4/c1-28-23-17-14-21(15-18-23)12-10-8-6-4-5-7-9-11-13-24(27)22-16-19-25(29-2)26(20-22)30-3/h11,13-20H,4-10,12H2,1-3H3. The zero-order chi connectivity index (χ0) is 21.6. The number of methoxy groups -OCH3 is 3. The first-order valence-electron chi connectivity index (χ1n) is 10.7. The largest absolute Gasteiger partial charge is 0.497 e. The highest BCUT2D eigenvalue weighted by Crippen LogP contribution is 2.27. The van der Waals surface area contributed by atoms with Gasteiger partial charge in [0, 0.05) is 5.56 Å². The molecule has 0 aliphatic heterocycles. The molecule has 0 spiro atoms. The van der Waals surface area contributed by atoms with Crippen LogP contribution >= 0.6 is 0 Å². The summed E-state index contributed by atoms with van der Waals surface area (Å²) in [6.07, 6.45) is 13.0. The first kappa shape index (κ1) is 23.5. The van der Waals surface area contributed by atoms with E-state index in [1.165, 1.54) is 37.7 Å². The molecule has 0 aliphatic rings. The monoisotopic (exact) mass is 410 g/mol. The van der Waals surface area contributed by atoms with Crippen molar-refractivity contribution in [3.05, 3.63) is 65.7 Å². The number of carbonyl (C=O) groups is 1. The van der Waals surface area contributed by atoms with Crippen LogP contribution in [-0.4, -0.2) is 27.1 Å². The molecule has 4 nitrogen and oxygen atoms in total. The fourth-order valence-electron chi connectivity index (χ4n) is 3.37. The topological polar surface area (TPSA) is 44.8 Å². The number of ether oxygens (including phenoxy) is 3. The molecule has 2 rings (SSSR count). The summed E-state index contributed by atoms with van der Waals surface area (Å²) in [4.78, 5) is 12.3. The normalized spacial score (nSPS) is 10.9. The van der Waals surface area contributed by atoms with E-state index < -0.39 is 0 Å². The molecule has 0 aliphatic carbocycles. The summed E-state index contributed by atoms with van der Waals surface area (Å²) in [5.41, 5.74) is 1.99. The lowest BCUT2D eigenvalue weighted by Gasteiger charge is -2.08. The Bertz CT molecular complexity index is 793. The van der Waals surface area contributed by atoms with Gasteiger partial charge in [-0.15, -0.1) is 0 Å². The van der Waals surface area contributed by atoms with E-state index in [9.17, 15) is 4.79 Å². The Morgan fingerprint density at radius 3 is 2.10 bits per heavy atom. The zero-order valence-electron chi connectivity index (χ0n) is 18.5. The highest BCUT2D eigenvalue weighted by Gasteiger charge is 2.08. The number of hydrogen-bond donors (Lipinski definition) is 0. The average Bonchev–Trinajstić information content (AvgIpc) is 2.79. The van der Waals surface area contributed by atoms with Crippen LogP contribution in [0.1, 0.15) is 60.9 Å². The van der Waals surface area contributed by atoms with Crippen LogP contribution in [0.5, 0.6) is 17.2 Å². The zero-order valence-corrected chi connectivity index (χ0v) is 18.5. The van der Waals surface area contributed by atoms with Gasteiger partial charge >= 0.3 is 0 Å². The molecule has 0 saturated carbocycles. The third-order valence-electron chi connectivity index (χ3n) is 5.18. The molecule has 0 radical (unpaired) electrons. The lowest BCUT2D eigenvalue weighted by Crippen LogP contribution is -1.97. The van der Waals surface area contributed by atoms with E-state index in [1.54, 1.807) is 45.6 Å². The second-order valence-electron chi connectivity index (χ2n) is 7.34. The molecule has 0 unspecified atom stereocenters. The molecule has 0 aromatic heterocycles. The molecule has 30 heavy (non-hydrogen) atoms. The van der Waals surface area contributed by atoms with Gasteiger partial charge in [-0.3, -0.25) is 4.79 Å². The van der Waals surface area contributed by atoms with Gasteiger partial charge in [-0.25, -0.2) is 0 Å². The average molecular weight is 411 g/mol. The molecule has 2 aromatic rings. The van der Waals surface area contributed by atoms with Gasteiger partial charge in [0.15, 0.2) is 17.3 Å².